The highest BCUT2D eigenvalue weighted by Crippen LogP contribution is 2.35. The van der Waals surface area contributed by atoms with E-state index < -0.39 is 0 Å². The first-order valence-electron chi connectivity index (χ1n) is 7.46. The van der Waals surface area contributed by atoms with Crippen molar-refractivity contribution in [1.82, 2.24) is 4.90 Å². The number of aliphatic hydroxyl groups is 1. The van der Waals surface area contributed by atoms with Gasteiger partial charge in [0.1, 0.15) is 0 Å². The third-order valence-electron chi connectivity index (χ3n) is 4.69. The average molecular weight is 373 g/mol. The van der Waals surface area contributed by atoms with Gasteiger partial charge in [-0.15, -0.1) is 0 Å². The summed E-state index contributed by atoms with van der Waals surface area (Å²) in [7, 11) is 0. The van der Waals surface area contributed by atoms with Crippen molar-refractivity contribution in [2.24, 2.45) is 0 Å². The monoisotopic (exact) mass is 371 g/mol. The fraction of sp³-hybridized carbons (Fsp3) is 0.562. The molecule has 2 saturated heterocycles. The molecule has 5 heteroatoms. The number of carbonyl (C=O) groups excluding carboxylic acids is 1. The Morgan fingerprint density at radius 2 is 2.00 bits per heavy atom. The summed E-state index contributed by atoms with van der Waals surface area (Å²) in [6.45, 7) is 0.771. The van der Waals surface area contributed by atoms with Gasteiger partial charge in [0.2, 0.25) is 0 Å². The maximum Gasteiger partial charge on any atom is 0.165 e. The zero-order valence-corrected chi connectivity index (χ0v) is 14.1. The predicted molar refractivity (Wildman–Crippen MR) is 86.9 cm³/mol. The summed E-state index contributed by atoms with van der Waals surface area (Å²) in [6, 6.07) is 6.29. The second kappa shape index (κ2) is 6.37. The SMILES string of the molecule is O=C(CCN1C2CCC1CC(O)C2)c1ccc(Br)cc1Cl. The molecule has 2 aliphatic rings. The van der Waals surface area contributed by atoms with Gasteiger partial charge in [0, 0.05) is 35.1 Å². The van der Waals surface area contributed by atoms with Gasteiger partial charge in [-0.3, -0.25) is 9.69 Å². The summed E-state index contributed by atoms with van der Waals surface area (Å²) >= 11 is 9.49. The number of rotatable bonds is 4. The number of fused-ring (bicyclic) bond motifs is 2. The Balaban J connectivity index is 1.61. The van der Waals surface area contributed by atoms with Gasteiger partial charge in [0.05, 0.1) is 11.1 Å². The number of ketones is 1. The highest BCUT2D eigenvalue weighted by Gasteiger charge is 2.39. The molecule has 3 rings (SSSR count). The molecule has 2 fully saturated rings. The maximum atomic E-state index is 12.3. The number of piperidine rings is 1. The Bertz CT molecular complexity index is 537. The van der Waals surface area contributed by atoms with Crippen molar-refractivity contribution in [3.8, 4) is 0 Å². The normalized spacial score (nSPS) is 28.8. The number of aliphatic hydroxyl groups excluding tert-OH is 1. The minimum absolute atomic E-state index is 0.0954. The van der Waals surface area contributed by atoms with Crippen molar-refractivity contribution in [3.63, 3.8) is 0 Å². The maximum absolute atomic E-state index is 12.3. The molecule has 2 heterocycles. The molecule has 0 saturated carbocycles. The zero-order valence-electron chi connectivity index (χ0n) is 11.8. The van der Waals surface area contributed by atoms with E-state index in [1.807, 2.05) is 6.07 Å². The van der Waals surface area contributed by atoms with E-state index in [1.54, 1.807) is 12.1 Å². The minimum Gasteiger partial charge on any atom is -0.393 e. The van der Waals surface area contributed by atoms with E-state index in [1.165, 1.54) is 0 Å². The van der Waals surface area contributed by atoms with Gasteiger partial charge in [-0.05, 0) is 43.9 Å². The molecule has 1 aromatic rings. The summed E-state index contributed by atoms with van der Waals surface area (Å²) in [6.07, 6.45) is 4.33. The Morgan fingerprint density at radius 1 is 1.33 bits per heavy atom. The molecule has 2 aliphatic heterocycles. The van der Waals surface area contributed by atoms with Crippen molar-refractivity contribution < 1.29 is 9.90 Å². The Morgan fingerprint density at radius 3 is 2.62 bits per heavy atom. The number of hydrogen-bond acceptors (Lipinski definition) is 3. The van der Waals surface area contributed by atoms with Crippen molar-refractivity contribution in [2.75, 3.05) is 6.54 Å². The lowest BCUT2D eigenvalue weighted by Gasteiger charge is -2.37. The average Bonchev–Trinajstić information content (AvgIpc) is 2.66. The number of carbonyl (C=O) groups is 1. The quantitative estimate of drug-likeness (QED) is 0.820. The number of nitrogens with zero attached hydrogens (tertiary/aromatic N) is 1. The molecule has 21 heavy (non-hydrogen) atoms. The van der Waals surface area contributed by atoms with Crippen molar-refractivity contribution in [1.29, 1.82) is 0 Å². The summed E-state index contributed by atoms with van der Waals surface area (Å²) in [4.78, 5) is 14.8. The van der Waals surface area contributed by atoms with E-state index in [2.05, 4.69) is 20.8 Å². The standard InChI is InChI=1S/C16H19BrClNO2/c17-10-1-4-14(15(18)7-10)16(21)5-6-19-11-2-3-12(19)9-13(20)8-11/h1,4,7,11-13,20H,2-3,5-6,8-9H2. The third kappa shape index (κ3) is 3.34. The van der Waals surface area contributed by atoms with Gasteiger partial charge in [-0.1, -0.05) is 27.5 Å². The first-order chi connectivity index (χ1) is 10.0. The highest BCUT2D eigenvalue weighted by molar-refractivity contribution is 9.10. The first kappa shape index (κ1) is 15.5. The molecule has 0 aliphatic carbocycles. The molecule has 1 N–H and O–H groups in total. The number of Topliss-reactive ketones (excluding diaryl/α,β-unsaturated/α-hetero) is 1. The van der Waals surface area contributed by atoms with Crippen LogP contribution in [0.15, 0.2) is 22.7 Å². The molecule has 2 bridgehead atoms. The van der Waals surface area contributed by atoms with Crippen LogP contribution in [0.2, 0.25) is 5.02 Å². The van der Waals surface area contributed by atoms with Gasteiger partial charge in [0.15, 0.2) is 5.78 Å². The molecule has 0 amide bonds. The van der Waals surface area contributed by atoms with Crippen LogP contribution in [0.4, 0.5) is 0 Å². The van der Waals surface area contributed by atoms with Gasteiger partial charge in [-0.25, -0.2) is 0 Å². The fourth-order valence-corrected chi connectivity index (χ4v) is 4.47. The number of halogens is 2. The molecule has 3 nitrogen and oxygen atoms in total. The summed E-state index contributed by atoms with van der Waals surface area (Å²) in [5, 5.41) is 10.3. The minimum atomic E-state index is -0.157. The van der Waals surface area contributed by atoms with Crippen LogP contribution < -0.4 is 0 Å². The van der Waals surface area contributed by atoms with Crippen molar-refractivity contribution in [3.05, 3.63) is 33.3 Å². The molecule has 0 spiro atoms. The van der Waals surface area contributed by atoms with E-state index in [4.69, 9.17) is 11.6 Å². The molecule has 114 valence electrons. The van der Waals surface area contributed by atoms with Gasteiger partial charge >= 0.3 is 0 Å². The lowest BCUT2D eigenvalue weighted by atomic mass is 9.99. The van der Waals surface area contributed by atoms with Crippen LogP contribution >= 0.6 is 27.5 Å². The van der Waals surface area contributed by atoms with Gasteiger partial charge in [-0.2, -0.15) is 0 Å². The second-order valence-corrected chi connectivity index (χ2v) is 7.37. The van der Waals surface area contributed by atoms with Crippen LogP contribution in [-0.4, -0.2) is 40.5 Å². The van der Waals surface area contributed by atoms with E-state index in [9.17, 15) is 9.90 Å². The lowest BCUT2D eigenvalue weighted by molar-refractivity contribution is 0.0349. The summed E-state index contributed by atoms with van der Waals surface area (Å²) < 4.78 is 0.882. The van der Waals surface area contributed by atoms with Crippen molar-refractivity contribution in [2.45, 2.75) is 50.3 Å². The Kier molecular flexibility index (Phi) is 4.69. The predicted octanol–water partition coefficient (Wildman–Crippen LogP) is 3.66. The molecule has 2 atom stereocenters. The topological polar surface area (TPSA) is 40.5 Å². The summed E-state index contributed by atoms with van der Waals surface area (Å²) in [5.74, 6) is 0.0954. The molecular formula is C16H19BrClNO2. The van der Waals surface area contributed by atoms with Crippen LogP contribution in [0.3, 0.4) is 0 Å². The molecule has 0 aromatic heterocycles. The van der Waals surface area contributed by atoms with Crippen LogP contribution in [0.1, 0.15) is 42.5 Å². The van der Waals surface area contributed by atoms with Crippen LogP contribution in [0.25, 0.3) is 0 Å². The Labute approximate surface area is 138 Å². The Hall–Kier alpha value is -0.420. The number of benzene rings is 1. The lowest BCUT2D eigenvalue weighted by Crippen LogP contribution is -2.45. The smallest absolute Gasteiger partial charge is 0.165 e. The largest absolute Gasteiger partial charge is 0.393 e. The molecular weight excluding hydrogens is 354 g/mol. The van der Waals surface area contributed by atoms with Gasteiger partial charge < -0.3 is 5.11 Å². The van der Waals surface area contributed by atoms with Gasteiger partial charge in [0.25, 0.3) is 0 Å². The molecule has 1 aromatic carbocycles. The van der Waals surface area contributed by atoms with Crippen LogP contribution in [0.5, 0.6) is 0 Å². The molecule has 2 unspecified atom stereocenters. The zero-order chi connectivity index (χ0) is 15.0. The number of hydrogen-bond donors (Lipinski definition) is 1. The van der Waals surface area contributed by atoms with Crippen molar-refractivity contribution >= 4 is 33.3 Å². The van der Waals surface area contributed by atoms with E-state index >= 15 is 0 Å². The van der Waals surface area contributed by atoms with E-state index in [0.29, 0.717) is 29.1 Å². The van der Waals surface area contributed by atoms with Crippen LogP contribution in [-0.2, 0) is 0 Å². The van der Waals surface area contributed by atoms with E-state index in [0.717, 1.165) is 36.7 Å². The highest BCUT2D eigenvalue weighted by atomic mass is 79.9. The third-order valence-corrected chi connectivity index (χ3v) is 5.49. The summed E-state index contributed by atoms with van der Waals surface area (Å²) in [5.41, 5.74) is 0.601. The first-order valence-corrected chi connectivity index (χ1v) is 8.63. The molecule has 0 radical (unpaired) electrons. The fourth-order valence-electron chi connectivity index (χ4n) is 3.69. The second-order valence-electron chi connectivity index (χ2n) is 6.05. The van der Waals surface area contributed by atoms with Crippen LogP contribution in [0, 0.1) is 0 Å². The van der Waals surface area contributed by atoms with E-state index in [-0.39, 0.29) is 11.9 Å².